The van der Waals surface area contributed by atoms with E-state index in [0.717, 1.165) is 48.6 Å². The van der Waals surface area contributed by atoms with Gasteiger partial charge in [0.15, 0.2) is 5.65 Å². The number of nitrogens with zero attached hydrogens (tertiary/aromatic N) is 6. The van der Waals surface area contributed by atoms with Gasteiger partial charge in [-0.25, -0.2) is 9.97 Å². The lowest BCUT2D eigenvalue weighted by atomic mass is 9.96. The molecule has 0 unspecified atom stereocenters. The minimum Gasteiger partial charge on any atom is -0.490 e. The third kappa shape index (κ3) is 3.36. The van der Waals surface area contributed by atoms with Gasteiger partial charge in [0.1, 0.15) is 17.4 Å². The Morgan fingerprint density at radius 1 is 1.10 bits per heavy atom. The number of carbonyl (C=O) groups excluding carboxylic acids is 1. The monoisotopic (exact) mass is 406 g/mol. The fourth-order valence-electron chi connectivity index (χ4n) is 4.06. The molecule has 2 aliphatic rings. The highest BCUT2D eigenvalue weighted by Crippen LogP contribution is 2.29. The zero-order valence-electron chi connectivity index (χ0n) is 17.4. The Labute approximate surface area is 175 Å². The number of piperazine rings is 1. The van der Waals surface area contributed by atoms with Crippen molar-refractivity contribution in [3.63, 3.8) is 0 Å². The summed E-state index contributed by atoms with van der Waals surface area (Å²) in [5.41, 5.74) is 1.49. The van der Waals surface area contributed by atoms with Crippen molar-refractivity contribution in [2.75, 3.05) is 31.1 Å². The Morgan fingerprint density at radius 2 is 1.87 bits per heavy atom. The van der Waals surface area contributed by atoms with E-state index in [4.69, 9.17) is 4.74 Å². The second-order valence-electron chi connectivity index (χ2n) is 8.05. The van der Waals surface area contributed by atoms with E-state index in [9.17, 15) is 4.79 Å². The maximum absolute atomic E-state index is 13.2. The molecule has 1 amide bonds. The smallest absolute Gasteiger partial charge is 0.257 e. The molecule has 30 heavy (non-hydrogen) atoms. The Bertz CT molecular complexity index is 1080. The van der Waals surface area contributed by atoms with Crippen LogP contribution in [-0.2, 0) is 7.05 Å². The highest BCUT2D eigenvalue weighted by Gasteiger charge is 2.28. The van der Waals surface area contributed by atoms with Crippen molar-refractivity contribution >= 4 is 22.8 Å². The fraction of sp³-hybridized carbons (Fsp3) is 0.455. The quantitative estimate of drug-likeness (QED) is 0.663. The van der Waals surface area contributed by atoms with E-state index in [-0.39, 0.29) is 12.0 Å². The van der Waals surface area contributed by atoms with Crippen LogP contribution in [0.15, 0.2) is 30.5 Å². The molecular formula is C22H26N6O2. The van der Waals surface area contributed by atoms with Crippen molar-refractivity contribution in [2.45, 2.75) is 32.3 Å². The number of ether oxygens (including phenoxy) is 1. The maximum atomic E-state index is 13.2. The average Bonchev–Trinajstić information content (AvgIpc) is 3.11. The topological polar surface area (TPSA) is 76.4 Å². The predicted molar refractivity (Wildman–Crippen MR) is 114 cm³/mol. The lowest BCUT2D eigenvalue weighted by Crippen LogP contribution is -2.49. The van der Waals surface area contributed by atoms with Crippen molar-refractivity contribution in [1.29, 1.82) is 0 Å². The van der Waals surface area contributed by atoms with E-state index < -0.39 is 0 Å². The van der Waals surface area contributed by atoms with Crippen molar-refractivity contribution in [2.24, 2.45) is 7.05 Å². The molecule has 1 saturated heterocycles. The van der Waals surface area contributed by atoms with Gasteiger partial charge in [0, 0.05) is 33.2 Å². The standard InChI is InChI=1S/C22H26N6O2/c1-15-24-20-18(14-23-26(20)2)21(25-15)27-10-12-28(13-11-27)22(29)17-8-3-4-9-19(17)30-16-6-5-7-16/h3-4,8-9,14,16H,5-7,10-13H2,1-2H3. The first-order valence-electron chi connectivity index (χ1n) is 10.6. The number of para-hydroxylation sites is 1. The summed E-state index contributed by atoms with van der Waals surface area (Å²) in [6.07, 6.45) is 5.41. The van der Waals surface area contributed by atoms with Crippen LogP contribution >= 0.6 is 0 Å². The van der Waals surface area contributed by atoms with Crippen molar-refractivity contribution in [3.05, 3.63) is 41.9 Å². The molecule has 8 nitrogen and oxygen atoms in total. The third-order valence-electron chi connectivity index (χ3n) is 6.01. The summed E-state index contributed by atoms with van der Waals surface area (Å²) in [6.45, 7) is 4.62. The Balaban J connectivity index is 1.32. The lowest BCUT2D eigenvalue weighted by Gasteiger charge is -2.36. The van der Waals surface area contributed by atoms with Gasteiger partial charge in [0.2, 0.25) is 0 Å². The highest BCUT2D eigenvalue weighted by molar-refractivity contribution is 5.97. The number of hydrogen-bond donors (Lipinski definition) is 0. The Hall–Kier alpha value is -3.16. The van der Waals surface area contributed by atoms with Gasteiger partial charge in [-0.2, -0.15) is 5.10 Å². The minimum absolute atomic E-state index is 0.0370. The number of aryl methyl sites for hydroxylation is 2. The molecule has 1 aliphatic carbocycles. The summed E-state index contributed by atoms with van der Waals surface area (Å²) in [4.78, 5) is 26.5. The van der Waals surface area contributed by atoms with Gasteiger partial charge in [0.25, 0.3) is 5.91 Å². The van der Waals surface area contributed by atoms with Crippen molar-refractivity contribution < 1.29 is 9.53 Å². The van der Waals surface area contributed by atoms with Gasteiger partial charge in [-0.1, -0.05) is 12.1 Å². The second kappa shape index (κ2) is 7.59. The highest BCUT2D eigenvalue weighted by atomic mass is 16.5. The third-order valence-corrected chi connectivity index (χ3v) is 6.01. The van der Waals surface area contributed by atoms with Gasteiger partial charge >= 0.3 is 0 Å². The molecule has 5 rings (SSSR count). The number of hydrogen-bond acceptors (Lipinski definition) is 6. The van der Waals surface area contributed by atoms with Crippen LogP contribution in [-0.4, -0.2) is 62.8 Å². The number of aromatic nitrogens is 4. The summed E-state index contributed by atoms with van der Waals surface area (Å²) in [7, 11) is 1.89. The van der Waals surface area contributed by atoms with Crippen LogP contribution in [0.25, 0.3) is 11.0 Å². The van der Waals surface area contributed by atoms with E-state index in [1.165, 1.54) is 6.42 Å². The largest absolute Gasteiger partial charge is 0.490 e. The van der Waals surface area contributed by atoms with Crippen LogP contribution in [0.5, 0.6) is 5.75 Å². The molecule has 0 bridgehead atoms. The number of amides is 1. The Kier molecular flexibility index (Phi) is 4.77. The SMILES string of the molecule is Cc1nc(N2CCN(C(=O)c3ccccc3OC3CCC3)CC2)c2cnn(C)c2n1. The molecule has 8 heteroatoms. The molecule has 156 valence electrons. The van der Waals surface area contributed by atoms with Gasteiger partial charge in [-0.15, -0.1) is 0 Å². The zero-order chi connectivity index (χ0) is 20.7. The molecule has 1 aliphatic heterocycles. The number of carbonyl (C=O) groups is 1. The van der Waals surface area contributed by atoms with Gasteiger partial charge in [-0.3, -0.25) is 9.48 Å². The molecular weight excluding hydrogens is 380 g/mol. The van der Waals surface area contributed by atoms with Crippen LogP contribution < -0.4 is 9.64 Å². The summed E-state index contributed by atoms with van der Waals surface area (Å²) in [6, 6.07) is 7.61. The van der Waals surface area contributed by atoms with Crippen LogP contribution in [0, 0.1) is 6.92 Å². The normalized spacial score (nSPS) is 17.3. The molecule has 2 fully saturated rings. The van der Waals surface area contributed by atoms with E-state index in [1.54, 1.807) is 4.68 Å². The van der Waals surface area contributed by atoms with E-state index >= 15 is 0 Å². The molecule has 1 aromatic carbocycles. The molecule has 0 N–H and O–H groups in total. The van der Waals surface area contributed by atoms with Crippen LogP contribution in [0.3, 0.4) is 0 Å². The van der Waals surface area contributed by atoms with Crippen LogP contribution in [0.1, 0.15) is 35.4 Å². The molecule has 3 heterocycles. The minimum atomic E-state index is 0.0370. The maximum Gasteiger partial charge on any atom is 0.257 e. The zero-order valence-corrected chi connectivity index (χ0v) is 17.4. The number of fused-ring (bicyclic) bond motifs is 1. The van der Waals surface area contributed by atoms with E-state index in [2.05, 4.69) is 20.0 Å². The summed E-state index contributed by atoms with van der Waals surface area (Å²) in [5.74, 6) is 2.36. The van der Waals surface area contributed by atoms with Crippen LogP contribution in [0.2, 0.25) is 0 Å². The van der Waals surface area contributed by atoms with Gasteiger partial charge in [-0.05, 0) is 38.3 Å². The molecule has 3 aromatic rings. The molecule has 0 spiro atoms. The van der Waals surface area contributed by atoms with E-state index in [1.807, 2.05) is 49.3 Å². The molecule has 2 aromatic heterocycles. The van der Waals surface area contributed by atoms with Gasteiger partial charge < -0.3 is 14.5 Å². The average molecular weight is 406 g/mol. The predicted octanol–water partition coefficient (Wildman–Crippen LogP) is 2.57. The molecule has 0 atom stereocenters. The van der Waals surface area contributed by atoms with Crippen LogP contribution in [0.4, 0.5) is 5.82 Å². The number of anilines is 1. The summed E-state index contributed by atoms with van der Waals surface area (Å²) >= 11 is 0. The number of benzene rings is 1. The lowest BCUT2D eigenvalue weighted by molar-refractivity contribution is 0.0729. The Morgan fingerprint density at radius 3 is 2.60 bits per heavy atom. The van der Waals surface area contributed by atoms with Gasteiger partial charge in [0.05, 0.1) is 23.3 Å². The number of rotatable bonds is 4. The van der Waals surface area contributed by atoms with Crippen molar-refractivity contribution in [3.8, 4) is 5.75 Å². The summed E-state index contributed by atoms with van der Waals surface area (Å²) < 4.78 is 7.83. The molecule has 0 radical (unpaired) electrons. The fourth-order valence-corrected chi connectivity index (χ4v) is 4.06. The van der Waals surface area contributed by atoms with E-state index in [0.29, 0.717) is 24.4 Å². The first kappa shape index (κ1) is 18.8. The first-order valence-corrected chi connectivity index (χ1v) is 10.6. The van der Waals surface area contributed by atoms with Crippen molar-refractivity contribution in [1.82, 2.24) is 24.6 Å². The summed E-state index contributed by atoms with van der Waals surface area (Å²) in [5, 5.41) is 5.28. The first-order chi connectivity index (χ1) is 14.6. The molecule has 1 saturated carbocycles. The second-order valence-corrected chi connectivity index (χ2v) is 8.05.